The third-order valence-corrected chi connectivity index (χ3v) is 2.72. The third-order valence-electron chi connectivity index (χ3n) is 2.26. The Balaban J connectivity index is 2.82. The largest absolute Gasteiger partial charge is 0.464 e. The van der Waals surface area contributed by atoms with Crippen LogP contribution in [0.3, 0.4) is 0 Å². The molecule has 6 heteroatoms. The first-order chi connectivity index (χ1) is 8.02. The van der Waals surface area contributed by atoms with Gasteiger partial charge in [-0.3, -0.25) is 4.79 Å². The van der Waals surface area contributed by atoms with Crippen LogP contribution >= 0.6 is 15.9 Å². The van der Waals surface area contributed by atoms with Gasteiger partial charge < -0.3 is 9.72 Å². The highest BCUT2D eigenvalue weighted by atomic mass is 79.9. The predicted molar refractivity (Wildman–Crippen MR) is 63.6 cm³/mol. The van der Waals surface area contributed by atoms with Crippen LogP contribution in [-0.2, 0) is 4.74 Å². The molecule has 1 N–H and O–H groups in total. The van der Waals surface area contributed by atoms with E-state index in [1.54, 1.807) is 0 Å². The van der Waals surface area contributed by atoms with Gasteiger partial charge in [-0.1, -0.05) is 15.9 Å². The molecule has 0 radical (unpaired) electrons. The molecular weight excluding hydrogens is 293 g/mol. The molecule has 0 unspecified atom stereocenters. The van der Waals surface area contributed by atoms with Crippen molar-refractivity contribution in [2.45, 2.75) is 0 Å². The van der Waals surface area contributed by atoms with Crippen LogP contribution < -0.4 is 5.43 Å². The molecule has 1 aromatic heterocycles. The number of hydrogen-bond donors (Lipinski definition) is 1. The molecule has 2 aromatic rings. The summed E-state index contributed by atoms with van der Waals surface area (Å²) in [4.78, 5) is 25.5. The molecule has 0 aliphatic carbocycles. The summed E-state index contributed by atoms with van der Waals surface area (Å²) in [6.07, 6.45) is 0. The number of rotatable bonds is 1. The number of nitrogens with one attached hydrogen (secondary N) is 1. The monoisotopic (exact) mass is 299 g/mol. The van der Waals surface area contributed by atoms with Crippen LogP contribution in [0, 0.1) is 5.82 Å². The standard InChI is InChI=1S/C11H7BrFNO3/c1-17-11(16)8-4-9(15)6-2-5(12)3-7(13)10(6)14-8/h2-4H,1H3,(H,14,15). The van der Waals surface area contributed by atoms with E-state index < -0.39 is 17.2 Å². The predicted octanol–water partition coefficient (Wildman–Crippen LogP) is 2.22. The summed E-state index contributed by atoms with van der Waals surface area (Å²) >= 11 is 3.09. The van der Waals surface area contributed by atoms with Crippen molar-refractivity contribution in [3.8, 4) is 0 Å². The van der Waals surface area contributed by atoms with E-state index in [0.29, 0.717) is 4.47 Å². The van der Waals surface area contributed by atoms with E-state index in [2.05, 4.69) is 25.7 Å². The fraction of sp³-hybridized carbons (Fsp3) is 0.0909. The van der Waals surface area contributed by atoms with Gasteiger partial charge in [0.1, 0.15) is 11.5 Å². The minimum absolute atomic E-state index is 0.0129. The van der Waals surface area contributed by atoms with Crippen molar-refractivity contribution in [1.82, 2.24) is 4.98 Å². The molecular formula is C11H7BrFNO3. The second kappa shape index (κ2) is 4.29. The van der Waals surface area contributed by atoms with Crippen molar-refractivity contribution in [2.24, 2.45) is 0 Å². The van der Waals surface area contributed by atoms with Crippen LogP contribution in [0.5, 0.6) is 0 Å². The van der Waals surface area contributed by atoms with E-state index in [1.165, 1.54) is 19.2 Å². The van der Waals surface area contributed by atoms with Crippen LogP contribution in [0.25, 0.3) is 10.9 Å². The highest BCUT2D eigenvalue weighted by molar-refractivity contribution is 9.10. The molecule has 17 heavy (non-hydrogen) atoms. The molecule has 0 atom stereocenters. The fourth-order valence-corrected chi connectivity index (χ4v) is 1.92. The second-order valence-electron chi connectivity index (χ2n) is 3.35. The number of carbonyl (C=O) groups excluding carboxylic acids is 1. The molecule has 2 rings (SSSR count). The topological polar surface area (TPSA) is 59.2 Å². The van der Waals surface area contributed by atoms with E-state index in [-0.39, 0.29) is 16.6 Å². The number of carbonyl (C=O) groups is 1. The van der Waals surface area contributed by atoms with Gasteiger partial charge in [-0.05, 0) is 12.1 Å². The minimum Gasteiger partial charge on any atom is -0.464 e. The number of benzene rings is 1. The van der Waals surface area contributed by atoms with E-state index >= 15 is 0 Å². The summed E-state index contributed by atoms with van der Waals surface area (Å²) in [5, 5.41) is 0.171. The molecule has 0 aliphatic rings. The lowest BCUT2D eigenvalue weighted by atomic mass is 10.2. The Morgan fingerprint density at radius 1 is 1.41 bits per heavy atom. The Kier molecular flexibility index (Phi) is 2.97. The smallest absolute Gasteiger partial charge is 0.354 e. The van der Waals surface area contributed by atoms with Gasteiger partial charge in [0.15, 0.2) is 5.43 Å². The number of pyridine rings is 1. The maximum Gasteiger partial charge on any atom is 0.354 e. The van der Waals surface area contributed by atoms with Gasteiger partial charge in [0.05, 0.1) is 12.6 Å². The Hall–Kier alpha value is -1.69. The van der Waals surface area contributed by atoms with Crippen LogP contribution in [-0.4, -0.2) is 18.1 Å². The molecule has 88 valence electrons. The summed E-state index contributed by atoms with van der Waals surface area (Å²) < 4.78 is 18.5. The van der Waals surface area contributed by atoms with Crippen molar-refractivity contribution < 1.29 is 13.9 Å². The number of esters is 1. The Morgan fingerprint density at radius 3 is 2.76 bits per heavy atom. The Labute approximate surface area is 104 Å². The van der Waals surface area contributed by atoms with Crippen molar-refractivity contribution in [3.05, 3.63) is 44.4 Å². The van der Waals surface area contributed by atoms with Crippen molar-refractivity contribution in [2.75, 3.05) is 7.11 Å². The average molecular weight is 300 g/mol. The van der Waals surface area contributed by atoms with E-state index in [9.17, 15) is 14.0 Å². The lowest BCUT2D eigenvalue weighted by Crippen LogP contribution is -2.12. The van der Waals surface area contributed by atoms with Gasteiger partial charge >= 0.3 is 5.97 Å². The average Bonchev–Trinajstić information content (AvgIpc) is 2.29. The van der Waals surface area contributed by atoms with Gasteiger partial charge in [0.2, 0.25) is 0 Å². The van der Waals surface area contributed by atoms with E-state index in [1.807, 2.05) is 0 Å². The van der Waals surface area contributed by atoms with E-state index in [4.69, 9.17) is 0 Å². The zero-order chi connectivity index (χ0) is 12.6. The fourth-order valence-electron chi connectivity index (χ4n) is 1.49. The molecule has 0 saturated heterocycles. The highest BCUT2D eigenvalue weighted by Gasteiger charge is 2.12. The van der Waals surface area contributed by atoms with Gasteiger partial charge in [-0.2, -0.15) is 0 Å². The molecule has 0 saturated carbocycles. The zero-order valence-corrected chi connectivity index (χ0v) is 10.3. The summed E-state index contributed by atoms with van der Waals surface area (Å²) in [5.41, 5.74) is -0.535. The van der Waals surface area contributed by atoms with Gasteiger partial charge in [-0.15, -0.1) is 0 Å². The molecule has 1 heterocycles. The van der Waals surface area contributed by atoms with Gasteiger partial charge in [-0.25, -0.2) is 9.18 Å². The number of halogens is 2. The summed E-state index contributed by atoms with van der Waals surface area (Å²) in [7, 11) is 1.18. The first kappa shape index (κ1) is 11.8. The van der Waals surface area contributed by atoms with Crippen molar-refractivity contribution in [3.63, 3.8) is 0 Å². The van der Waals surface area contributed by atoms with Gasteiger partial charge in [0.25, 0.3) is 0 Å². The van der Waals surface area contributed by atoms with Crippen LogP contribution in [0.15, 0.2) is 27.5 Å². The molecule has 0 aliphatic heterocycles. The number of aromatic nitrogens is 1. The summed E-state index contributed by atoms with van der Waals surface area (Å²) in [6, 6.07) is 3.78. The van der Waals surface area contributed by atoms with Crippen molar-refractivity contribution >= 4 is 32.8 Å². The minimum atomic E-state index is -0.716. The van der Waals surface area contributed by atoms with Crippen molar-refractivity contribution in [1.29, 1.82) is 0 Å². The SMILES string of the molecule is COC(=O)c1cc(=O)c2cc(Br)cc(F)c2[nH]1. The normalized spacial score (nSPS) is 10.5. The second-order valence-corrected chi connectivity index (χ2v) is 4.26. The number of ether oxygens (including phenoxy) is 1. The summed E-state index contributed by atoms with van der Waals surface area (Å²) in [6.45, 7) is 0. The molecule has 0 amide bonds. The van der Waals surface area contributed by atoms with Crippen LogP contribution in [0.1, 0.15) is 10.5 Å². The maximum absolute atomic E-state index is 13.6. The Bertz CT molecular complexity index is 666. The van der Waals surface area contributed by atoms with Crippen LogP contribution in [0.4, 0.5) is 4.39 Å². The molecule has 0 spiro atoms. The first-order valence-electron chi connectivity index (χ1n) is 4.63. The first-order valence-corrected chi connectivity index (χ1v) is 5.42. The highest BCUT2D eigenvalue weighted by Crippen LogP contribution is 2.19. The van der Waals surface area contributed by atoms with Crippen LogP contribution in [0.2, 0.25) is 0 Å². The van der Waals surface area contributed by atoms with E-state index in [0.717, 1.165) is 6.07 Å². The number of H-pyrrole nitrogens is 1. The summed E-state index contributed by atoms with van der Waals surface area (Å²) in [5.74, 6) is -1.33. The van der Waals surface area contributed by atoms with Gasteiger partial charge in [0, 0.05) is 15.9 Å². The molecule has 0 fully saturated rings. The quantitative estimate of drug-likeness (QED) is 0.822. The third kappa shape index (κ3) is 2.08. The number of hydrogen-bond acceptors (Lipinski definition) is 3. The number of methoxy groups -OCH3 is 1. The number of aromatic amines is 1. The lowest BCUT2D eigenvalue weighted by Gasteiger charge is -2.04. The number of fused-ring (bicyclic) bond motifs is 1. The maximum atomic E-state index is 13.6. The molecule has 4 nitrogen and oxygen atoms in total. The molecule has 1 aromatic carbocycles. The zero-order valence-electron chi connectivity index (χ0n) is 8.71. The Morgan fingerprint density at radius 2 is 2.12 bits per heavy atom. The molecule has 0 bridgehead atoms. The lowest BCUT2D eigenvalue weighted by molar-refractivity contribution is 0.0594.